The summed E-state index contributed by atoms with van der Waals surface area (Å²) in [5, 5.41) is 4.66. The van der Waals surface area contributed by atoms with Gasteiger partial charge in [-0.15, -0.1) is 0 Å². The number of anilines is 1. The fourth-order valence-electron chi connectivity index (χ4n) is 1.78. The minimum atomic E-state index is -3.49. The third kappa shape index (κ3) is 4.95. The molecule has 0 aromatic heterocycles. The van der Waals surface area contributed by atoms with Gasteiger partial charge in [0.1, 0.15) is 0 Å². The van der Waals surface area contributed by atoms with Gasteiger partial charge in [-0.2, -0.15) is 0 Å². The zero-order valence-corrected chi connectivity index (χ0v) is 14.8. The first kappa shape index (κ1) is 19.0. The highest BCUT2D eigenvalue weighted by Gasteiger charge is 2.23. The molecule has 0 heterocycles. The molecule has 0 fully saturated rings. The van der Waals surface area contributed by atoms with Crippen molar-refractivity contribution in [2.45, 2.75) is 37.5 Å². The lowest BCUT2D eigenvalue weighted by Crippen LogP contribution is -2.27. The zero-order chi connectivity index (χ0) is 17.8. The molecule has 0 saturated heterocycles. The number of nitrogens with zero attached hydrogens (tertiary/aromatic N) is 1. The van der Waals surface area contributed by atoms with Gasteiger partial charge >= 0.3 is 6.03 Å². The van der Waals surface area contributed by atoms with Crippen molar-refractivity contribution in [3.05, 3.63) is 23.8 Å². The number of hydrogen-bond donors (Lipinski definition) is 2. The van der Waals surface area contributed by atoms with Gasteiger partial charge in [-0.25, -0.2) is 13.2 Å². The van der Waals surface area contributed by atoms with E-state index >= 15 is 0 Å². The van der Waals surface area contributed by atoms with E-state index < -0.39 is 15.1 Å². The number of carbonyl (C=O) groups is 2. The second-order valence-electron chi connectivity index (χ2n) is 5.65. The van der Waals surface area contributed by atoms with E-state index in [9.17, 15) is 18.0 Å². The minimum absolute atomic E-state index is 0.0717. The molecular formula is C15H23N3O4S. The zero-order valence-electron chi connectivity index (χ0n) is 14.0. The molecule has 0 spiro atoms. The highest BCUT2D eigenvalue weighted by Crippen LogP contribution is 2.24. The Bertz CT molecular complexity index is 697. The molecule has 23 heavy (non-hydrogen) atoms. The maximum Gasteiger partial charge on any atom is 0.321 e. The minimum Gasteiger partial charge on any atom is -0.352 e. The molecule has 0 bridgehead atoms. The molecule has 8 heteroatoms. The van der Waals surface area contributed by atoms with Gasteiger partial charge in [-0.05, 0) is 37.6 Å². The van der Waals surface area contributed by atoms with E-state index in [0.717, 1.165) is 0 Å². The average molecular weight is 341 g/mol. The van der Waals surface area contributed by atoms with Crippen molar-refractivity contribution < 1.29 is 18.0 Å². The van der Waals surface area contributed by atoms with Gasteiger partial charge in [0, 0.05) is 33.3 Å². The Labute approximate surface area is 137 Å². The van der Waals surface area contributed by atoms with Crippen molar-refractivity contribution in [1.29, 1.82) is 0 Å². The Morgan fingerprint density at radius 1 is 1.22 bits per heavy atom. The van der Waals surface area contributed by atoms with Crippen molar-refractivity contribution in [2.75, 3.05) is 19.4 Å². The molecule has 128 valence electrons. The lowest BCUT2D eigenvalue weighted by atomic mass is 10.2. The summed E-state index contributed by atoms with van der Waals surface area (Å²) in [6, 6.07) is 4.23. The lowest BCUT2D eigenvalue weighted by Gasteiger charge is -2.16. The molecule has 7 nitrogen and oxygen atoms in total. The van der Waals surface area contributed by atoms with Gasteiger partial charge in [0.15, 0.2) is 9.84 Å². The first-order valence-electron chi connectivity index (χ1n) is 7.15. The normalized spacial score (nSPS) is 11.2. The van der Waals surface area contributed by atoms with Crippen LogP contribution in [0.15, 0.2) is 23.1 Å². The molecule has 1 rings (SSSR count). The monoisotopic (exact) mass is 341 g/mol. The van der Waals surface area contributed by atoms with Crippen LogP contribution in [0, 0.1) is 0 Å². The molecule has 0 aliphatic heterocycles. The average Bonchev–Trinajstić information content (AvgIpc) is 2.44. The van der Waals surface area contributed by atoms with Crippen LogP contribution < -0.4 is 10.6 Å². The predicted octanol–water partition coefficient (Wildman–Crippen LogP) is 1.60. The van der Waals surface area contributed by atoms with Gasteiger partial charge in [0.2, 0.25) is 5.91 Å². The number of hydrogen-bond acceptors (Lipinski definition) is 4. The van der Waals surface area contributed by atoms with E-state index in [-0.39, 0.29) is 23.4 Å². The van der Waals surface area contributed by atoms with Gasteiger partial charge in [-0.3, -0.25) is 4.79 Å². The van der Waals surface area contributed by atoms with Crippen LogP contribution in [-0.4, -0.2) is 44.6 Å². The number of nitrogens with one attached hydrogen (secondary N) is 2. The largest absolute Gasteiger partial charge is 0.352 e. The van der Waals surface area contributed by atoms with E-state index in [4.69, 9.17) is 0 Å². The summed E-state index contributed by atoms with van der Waals surface area (Å²) in [5.41, 5.74) is 0.900. The molecule has 3 amide bonds. The first-order chi connectivity index (χ1) is 10.6. The highest BCUT2D eigenvalue weighted by atomic mass is 32.2. The Morgan fingerprint density at radius 3 is 2.30 bits per heavy atom. The Kier molecular flexibility index (Phi) is 6.14. The number of carbonyl (C=O) groups excluding carboxylic acids is 2. The molecule has 0 saturated carbocycles. The molecule has 0 atom stereocenters. The van der Waals surface area contributed by atoms with Crippen molar-refractivity contribution in [3.63, 3.8) is 0 Å². The summed E-state index contributed by atoms with van der Waals surface area (Å²) >= 11 is 0. The van der Waals surface area contributed by atoms with Gasteiger partial charge in [-0.1, -0.05) is 0 Å². The lowest BCUT2D eigenvalue weighted by molar-refractivity contribution is -0.119. The number of sulfone groups is 1. The van der Waals surface area contributed by atoms with Gasteiger partial charge < -0.3 is 15.5 Å². The Morgan fingerprint density at radius 2 is 1.83 bits per heavy atom. The molecule has 2 N–H and O–H groups in total. The third-order valence-electron chi connectivity index (χ3n) is 3.17. The molecule has 0 radical (unpaired) electrons. The number of rotatable bonds is 5. The van der Waals surface area contributed by atoms with Crippen molar-refractivity contribution in [3.8, 4) is 0 Å². The summed E-state index contributed by atoms with van der Waals surface area (Å²) in [7, 11) is -0.287. The highest BCUT2D eigenvalue weighted by molar-refractivity contribution is 7.92. The SMILES string of the molecule is CC(=O)NCc1cc(NC(=O)N(C)C)ccc1S(=O)(=O)C(C)C. The maximum atomic E-state index is 12.4. The summed E-state index contributed by atoms with van der Waals surface area (Å²) in [6.07, 6.45) is 0. The number of urea groups is 1. The fraction of sp³-hybridized carbons (Fsp3) is 0.467. The summed E-state index contributed by atoms with van der Waals surface area (Å²) in [6.45, 7) is 4.62. The van der Waals surface area contributed by atoms with E-state index in [2.05, 4.69) is 10.6 Å². The molecule has 0 unspecified atom stereocenters. The summed E-state index contributed by atoms with van der Waals surface area (Å²) < 4.78 is 24.9. The van der Waals surface area contributed by atoms with Crippen LogP contribution in [0.3, 0.4) is 0 Å². The van der Waals surface area contributed by atoms with Crippen LogP contribution in [0.2, 0.25) is 0 Å². The molecule has 0 aliphatic carbocycles. The predicted molar refractivity (Wildman–Crippen MR) is 89.0 cm³/mol. The van der Waals surface area contributed by atoms with E-state index in [0.29, 0.717) is 11.3 Å². The fourth-order valence-corrected chi connectivity index (χ4v) is 3.04. The molecule has 0 aliphatic rings. The third-order valence-corrected chi connectivity index (χ3v) is 5.43. The van der Waals surface area contributed by atoms with Crippen molar-refractivity contribution in [1.82, 2.24) is 10.2 Å². The van der Waals surface area contributed by atoms with Gasteiger partial charge in [0.25, 0.3) is 0 Å². The Hall–Kier alpha value is -2.09. The molecule has 1 aromatic carbocycles. The molecule has 1 aromatic rings. The smallest absolute Gasteiger partial charge is 0.321 e. The summed E-state index contributed by atoms with van der Waals surface area (Å²) in [5.74, 6) is -0.263. The Balaban J connectivity index is 3.26. The first-order valence-corrected chi connectivity index (χ1v) is 8.70. The maximum absolute atomic E-state index is 12.4. The molecular weight excluding hydrogens is 318 g/mol. The van der Waals surface area contributed by atoms with Crippen molar-refractivity contribution >= 4 is 27.5 Å². The van der Waals surface area contributed by atoms with E-state index in [1.54, 1.807) is 34.0 Å². The van der Waals surface area contributed by atoms with E-state index in [1.807, 2.05) is 0 Å². The standard InChI is InChI=1S/C15H23N3O4S/c1-10(2)23(21,22)14-7-6-13(17-15(20)18(4)5)8-12(14)9-16-11(3)19/h6-8,10H,9H2,1-5H3,(H,16,19)(H,17,20). The van der Waals surface area contributed by atoms with Crippen molar-refractivity contribution in [2.24, 2.45) is 0 Å². The van der Waals surface area contributed by atoms with Crippen LogP contribution in [0.4, 0.5) is 10.5 Å². The second kappa shape index (κ2) is 7.45. The quantitative estimate of drug-likeness (QED) is 0.850. The number of benzene rings is 1. The van der Waals surface area contributed by atoms with Crippen LogP contribution in [-0.2, 0) is 21.2 Å². The second-order valence-corrected chi connectivity index (χ2v) is 8.12. The van der Waals surface area contributed by atoms with Gasteiger partial charge in [0.05, 0.1) is 10.1 Å². The topological polar surface area (TPSA) is 95.6 Å². The van der Waals surface area contributed by atoms with Crippen LogP contribution in [0.25, 0.3) is 0 Å². The summed E-state index contributed by atoms with van der Waals surface area (Å²) in [4.78, 5) is 24.4. The van der Waals surface area contributed by atoms with Crippen LogP contribution in [0.5, 0.6) is 0 Å². The number of amides is 3. The van der Waals surface area contributed by atoms with E-state index in [1.165, 1.54) is 24.0 Å². The van der Waals surface area contributed by atoms with Crippen LogP contribution >= 0.6 is 0 Å². The van der Waals surface area contributed by atoms with Crippen LogP contribution in [0.1, 0.15) is 26.3 Å².